The molecule has 0 unspecified atom stereocenters. The maximum Gasteiger partial charge on any atom is 0.234 e. The zero-order valence-corrected chi connectivity index (χ0v) is 17.8. The van der Waals surface area contributed by atoms with Crippen molar-refractivity contribution in [2.45, 2.75) is 38.8 Å². The zero-order chi connectivity index (χ0) is 21.2. The minimum Gasteiger partial charge on any atom is -0.355 e. The summed E-state index contributed by atoms with van der Waals surface area (Å²) >= 11 is 0. The summed E-state index contributed by atoms with van der Waals surface area (Å²) in [7, 11) is 1.79. The number of aromatic nitrogens is 3. The normalized spacial score (nSPS) is 15.7. The molecular weight excluding hydrogens is 380 g/mol. The van der Waals surface area contributed by atoms with Gasteiger partial charge in [0.15, 0.2) is 11.8 Å². The number of likely N-dealkylation sites (tertiary alicyclic amines) is 1. The second kappa shape index (κ2) is 11.3. The van der Waals surface area contributed by atoms with Gasteiger partial charge < -0.3 is 16.0 Å². The molecular formula is C21H32N8O. The Balaban J connectivity index is 1.42. The smallest absolute Gasteiger partial charge is 0.234 e. The summed E-state index contributed by atoms with van der Waals surface area (Å²) in [6, 6.07) is 8.53. The van der Waals surface area contributed by atoms with Crippen LogP contribution in [0.1, 0.15) is 31.7 Å². The topological polar surface area (TPSA) is 110 Å². The lowest BCUT2D eigenvalue weighted by molar-refractivity contribution is -0.122. The second-order valence-electron chi connectivity index (χ2n) is 7.50. The molecule has 0 bridgehead atoms. The van der Waals surface area contributed by atoms with Crippen LogP contribution in [0.3, 0.4) is 0 Å². The molecule has 1 amide bonds. The van der Waals surface area contributed by atoms with Crippen molar-refractivity contribution in [2.24, 2.45) is 4.99 Å². The Hall–Kier alpha value is -2.94. The number of nitrogens with zero attached hydrogens (tertiary/aromatic N) is 4. The van der Waals surface area contributed by atoms with Crippen LogP contribution in [-0.4, -0.2) is 71.2 Å². The molecule has 1 aromatic heterocycles. The monoisotopic (exact) mass is 412 g/mol. The lowest BCUT2D eigenvalue weighted by Gasteiger charge is -2.32. The fourth-order valence-corrected chi connectivity index (χ4v) is 3.51. The predicted octanol–water partition coefficient (Wildman–Crippen LogP) is 1.13. The number of piperidine rings is 1. The van der Waals surface area contributed by atoms with Crippen LogP contribution in [0.25, 0.3) is 11.4 Å². The van der Waals surface area contributed by atoms with Crippen LogP contribution in [0.4, 0.5) is 0 Å². The van der Waals surface area contributed by atoms with Gasteiger partial charge in [0.1, 0.15) is 6.33 Å². The summed E-state index contributed by atoms with van der Waals surface area (Å²) in [4.78, 5) is 22.7. The van der Waals surface area contributed by atoms with E-state index in [1.165, 1.54) is 6.33 Å². The second-order valence-corrected chi connectivity index (χ2v) is 7.50. The van der Waals surface area contributed by atoms with Gasteiger partial charge in [-0.1, -0.05) is 25.1 Å². The van der Waals surface area contributed by atoms with Crippen molar-refractivity contribution in [2.75, 3.05) is 33.2 Å². The highest BCUT2D eigenvalue weighted by molar-refractivity contribution is 5.80. The quantitative estimate of drug-likeness (QED) is 0.382. The summed E-state index contributed by atoms with van der Waals surface area (Å²) in [5.74, 6) is 1.67. The Morgan fingerprint density at radius 2 is 2.13 bits per heavy atom. The third-order valence-corrected chi connectivity index (χ3v) is 5.17. The first-order chi connectivity index (χ1) is 14.7. The van der Waals surface area contributed by atoms with Gasteiger partial charge in [0.2, 0.25) is 5.91 Å². The molecule has 0 spiro atoms. The number of aromatic amines is 1. The molecule has 162 valence electrons. The zero-order valence-electron chi connectivity index (χ0n) is 17.8. The fraction of sp³-hybridized carbons (Fsp3) is 0.524. The first-order valence-electron chi connectivity index (χ1n) is 10.6. The number of hydrogen-bond donors (Lipinski definition) is 4. The van der Waals surface area contributed by atoms with Crippen LogP contribution in [-0.2, 0) is 11.3 Å². The lowest BCUT2D eigenvalue weighted by Crippen LogP contribution is -2.50. The molecule has 30 heavy (non-hydrogen) atoms. The summed E-state index contributed by atoms with van der Waals surface area (Å²) in [5.41, 5.74) is 2.14. The van der Waals surface area contributed by atoms with Crippen LogP contribution >= 0.6 is 0 Å². The number of rotatable bonds is 8. The number of guanidine groups is 1. The van der Waals surface area contributed by atoms with Crippen LogP contribution in [0.5, 0.6) is 0 Å². The van der Waals surface area contributed by atoms with E-state index >= 15 is 0 Å². The first kappa shape index (κ1) is 21.8. The van der Waals surface area contributed by atoms with E-state index in [0.29, 0.717) is 19.1 Å². The van der Waals surface area contributed by atoms with Crippen molar-refractivity contribution in [1.82, 2.24) is 36.0 Å². The van der Waals surface area contributed by atoms with Crippen LogP contribution in [0.15, 0.2) is 35.6 Å². The third kappa shape index (κ3) is 6.55. The van der Waals surface area contributed by atoms with Crippen LogP contribution in [0, 0.1) is 0 Å². The number of benzene rings is 1. The van der Waals surface area contributed by atoms with Crippen molar-refractivity contribution in [3.05, 3.63) is 36.2 Å². The van der Waals surface area contributed by atoms with E-state index in [1.807, 2.05) is 12.1 Å². The molecule has 1 aliphatic heterocycles. The van der Waals surface area contributed by atoms with Gasteiger partial charge in [0.05, 0.1) is 6.54 Å². The summed E-state index contributed by atoms with van der Waals surface area (Å²) in [6.45, 7) is 5.78. The average molecular weight is 413 g/mol. The van der Waals surface area contributed by atoms with Crippen molar-refractivity contribution < 1.29 is 4.79 Å². The summed E-state index contributed by atoms with van der Waals surface area (Å²) in [6.07, 6.45) is 4.45. The van der Waals surface area contributed by atoms with E-state index in [1.54, 1.807) is 7.05 Å². The van der Waals surface area contributed by atoms with Gasteiger partial charge in [0.25, 0.3) is 0 Å². The van der Waals surface area contributed by atoms with E-state index in [0.717, 1.165) is 61.8 Å². The maximum atomic E-state index is 11.9. The molecule has 1 fully saturated rings. The average Bonchev–Trinajstić information content (AvgIpc) is 3.31. The molecule has 0 aliphatic carbocycles. The highest BCUT2D eigenvalue weighted by atomic mass is 16.2. The van der Waals surface area contributed by atoms with Crippen molar-refractivity contribution >= 4 is 11.9 Å². The van der Waals surface area contributed by atoms with Crippen molar-refractivity contribution in [1.29, 1.82) is 0 Å². The molecule has 0 atom stereocenters. The number of nitrogens with one attached hydrogen (secondary N) is 4. The van der Waals surface area contributed by atoms with Gasteiger partial charge in [0, 0.05) is 44.8 Å². The minimum atomic E-state index is 0.119. The molecule has 0 saturated carbocycles. The van der Waals surface area contributed by atoms with Crippen molar-refractivity contribution in [3.8, 4) is 11.4 Å². The molecule has 2 aromatic rings. The Labute approximate surface area is 177 Å². The van der Waals surface area contributed by atoms with E-state index in [-0.39, 0.29) is 5.91 Å². The molecule has 1 aromatic carbocycles. The number of aliphatic imine (C=N–C) groups is 1. The van der Waals surface area contributed by atoms with Crippen molar-refractivity contribution in [3.63, 3.8) is 0 Å². The summed E-state index contributed by atoms with van der Waals surface area (Å²) in [5, 5.41) is 16.6. The van der Waals surface area contributed by atoms with Gasteiger partial charge in [-0.25, -0.2) is 4.98 Å². The minimum absolute atomic E-state index is 0.119. The summed E-state index contributed by atoms with van der Waals surface area (Å²) < 4.78 is 0. The predicted molar refractivity (Wildman–Crippen MR) is 118 cm³/mol. The van der Waals surface area contributed by atoms with E-state index in [2.05, 4.69) is 60.1 Å². The fourth-order valence-electron chi connectivity index (χ4n) is 3.51. The Morgan fingerprint density at radius 3 is 2.83 bits per heavy atom. The maximum absolute atomic E-state index is 11.9. The Kier molecular flexibility index (Phi) is 8.20. The third-order valence-electron chi connectivity index (χ3n) is 5.17. The SMILES string of the molecule is CCCNC(=O)CN1CCC(NC(=NC)NCc2cccc(-c3ncn[nH]3)c2)CC1. The molecule has 9 heteroatoms. The first-order valence-corrected chi connectivity index (χ1v) is 10.6. The molecule has 3 rings (SSSR count). The van der Waals surface area contributed by atoms with Gasteiger partial charge in [-0.05, 0) is 30.9 Å². The van der Waals surface area contributed by atoms with Gasteiger partial charge in [-0.3, -0.25) is 19.8 Å². The number of hydrogen-bond acceptors (Lipinski definition) is 5. The van der Waals surface area contributed by atoms with Gasteiger partial charge >= 0.3 is 0 Å². The van der Waals surface area contributed by atoms with E-state index < -0.39 is 0 Å². The van der Waals surface area contributed by atoms with Crippen LogP contribution in [0.2, 0.25) is 0 Å². The molecule has 2 heterocycles. The van der Waals surface area contributed by atoms with E-state index in [4.69, 9.17) is 0 Å². The highest BCUT2D eigenvalue weighted by Gasteiger charge is 2.21. The molecule has 9 nitrogen and oxygen atoms in total. The molecule has 1 saturated heterocycles. The Morgan fingerprint density at radius 1 is 1.30 bits per heavy atom. The van der Waals surface area contributed by atoms with Crippen LogP contribution < -0.4 is 16.0 Å². The standard InChI is InChI=1S/C21H32N8O/c1-3-9-23-19(30)14-29-10-7-18(8-11-29)27-21(22-2)24-13-16-5-4-6-17(12-16)20-25-15-26-28-20/h4-6,12,15,18H,3,7-11,13-14H2,1-2H3,(H,23,30)(H2,22,24,27)(H,25,26,28). The Bertz CT molecular complexity index is 812. The number of amides is 1. The molecule has 4 N–H and O–H groups in total. The lowest BCUT2D eigenvalue weighted by atomic mass is 10.1. The highest BCUT2D eigenvalue weighted by Crippen LogP contribution is 2.15. The number of H-pyrrole nitrogens is 1. The van der Waals surface area contributed by atoms with Gasteiger partial charge in [-0.2, -0.15) is 5.10 Å². The number of carbonyl (C=O) groups excluding carboxylic acids is 1. The van der Waals surface area contributed by atoms with Gasteiger partial charge in [-0.15, -0.1) is 0 Å². The number of carbonyl (C=O) groups is 1. The molecule has 0 radical (unpaired) electrons. The largest absolute Gasteiger partial charge is 0.355 e. The van der Waals surface area contributed by atoms with E-state index in [9.17, 15) is 4.79 Å². The molecule has 1 aliphatic rings.